The van der Waals surface area contributed by atoms with E-state index in [9.17, 15) is 0 Å². The number of allylic oxidation sites excluding steroid dienone is 2. The Morgan fingerprint density at radius 3 is 1.78 bits per heavy atom. The highest BCUT2D eigenvalue weighted by atomic mass is 16.3. The topological polar surface area (TPSA) is 46.8 Å². The van der Waals surface area contributed by atoms with Crippen molar-refractivity contribution in [3.8, 4) is 39.1 Å². The molecule has 13 rings (SSSR count). The molecule has 0 aliphatic carbocycles. The lowest BCUT2D eigenvalue weighted by Gasteiger charge is -2.28. The number of rotatable bonds is 6. The highest BCUT2D eigenvalue weighted by molar-refractivity contribution is 6.20. The Morgan fingerprint density at radius 2 is 1.03 bits per heavy atom. The Kier molecular flexibility index (Phi) is 9.22. The molecule has 0 spiro atoms. The lowest BCUT2D eigenvalue weighted by atomic mass is 9.95. The molecule has 5 nitrogen and oxygen atoms in total. The summed E-state index contributed by atoms with van der Waals surface area (Å²) in [5, 5.41) is 6.58. The van der Waals surface area contributed by atoms with Crippen LogP contribution in [0.25, 0.3) is 106 Å². The molecule has 1 aliphatic heterocycles. The lowest BCUT2D eigenvalue weighted by molar-refractivity contribution is 0.575. The maximum Gasteiger partial charge on any atom is 0.145 e. The monoisotopic (exact) mass is 873 g/mol. The van der Waals surface area contributed by atoms with Gasteiger partial charge in [-0.05, 0) is 83.8 Å². The van der Waals surface area contributed by atoms with E-state index in [4.69, 9.17) is 13.8 Å². The van der Waals surface area contributed by atoms with Crippen LogP contribution in [0.1, 0.15) is 18.1 Å². The first-order valence-corrected chi connectivity index (χ1v) is 23.1. The van der Waals surface area contributed by atoms with E-state index in [1.54, 1.807) is 0 Å². The maximum atomic E-state index is 6.80. The molecule has 68 heavy (non-hydrogen) atoms. The Bertz CT molecular complexity index is 4150. The minimum absolute atomic E-state index is 0.755. The van der Waals surface area contributed by atoms with Crippen LogP contribution >= 0.6 is 0 Å². The number of aliphatic imine (C=N–C) groups is 1. The minimum atomic E-state index is 0.755. The van der Waals surface area contributed by atoms with E-state index < -0.39 is 0 Å². The van der Waals surface area contributed by atoms with Gasteiger partial charge in [0.15, 0.2) is 0 Å². The fourth-order valence-corrected chi connectivity index (χ4v) is 10.3. The van der Waals surface area contributed by atoms with E-state index >= 15 is 0 Å². The molecule has 0 N–H and O–H groups in total. The molecular weight excluding hydrogens is 831 g/mol. The van der Waals surface area contributed by atoms with Crippen LogP contribution in [-0.2, 0) is 0 Å². The summed E-state index contributed by atoms with van der Waals surface area (Å²) in [6, 6.07) is 73.2. The molecule has 0 radical (unpaired) electrons. The van der Waals surface area contributed by atoms with E-state index in [0.717, 1.165) is 111 Å². The standard InChI is InChI=1S/C63H43N3O2/c1-3-4-29-58-59(53-39-44(35-37-57(53)67-58)43-34-36-56-52(38-43)48-21-11-14-28-55(48)66(56)45-19-9-6-10-20-45)63-64-60(51-22-12-13-27-54(51)65(63)2)42-32-30-41(31-33-42)47-24-16-26-50-49-25-15-23-46(61(49)68-62(47)50)40-17-7-5-8-18-40/h3-39H,1-2H3/b4-3-,58-29+,63-59-. The molecule has 0 saturated heterocycles. The smallest absolute Gasteiger partial charge is 0.145 e. The third kappa shape index (κ3) is 6.28. The Labute approximate surface area is 392 Å². The van der Waals surface area contributed by atoms with Crippen molar-refractivity contribution in [1.82, 2.24) is 4.57 Å². The number of benzene rings is 9. The maximum absolute atomic E-state index is 6.80. The fourth-order valence-electron chi connectivity index (χ4n) is 10.3. The summed E-state index contributed by atoms with van der Waals surface area (Å²) >= 11 is 0. The second kappa shape index (κ2) is 15.9. The van der Waals surface area contributed by atoms with Gasteiger partial charge in [0.05, 0.1) is 27.7 Å². The number of hydrogen-bond acceptors (Lipinski definition) is 4. The zero-order chi connectivity index (χ0) is 45.3. The summed E-state index contributed by atoms with van der Waals surface area (Å²) in [5.74, 6) is 0.817. The van der Waals surface area contributed by atoms with E-state index in [2.05, 4.69) is 217 Å². The Morgan fingerprint density at radius 1 is 0.456 bits per heavy atom. The van der Waals surface area contributed by atoms with E-state index in [-0.39, 0.29) is 0 Å². The molecule has 3 aromatic heterocycles. The van der Waals surface area contributed by atoms with Crippen molar-refractivity contribution in [3.63, 3.8) is 0 Å². The molecule has 0 bridgehead atoms. The lowest BCUT2D eigenvalue weighted by Crippen LogP contribution is -2.33. The molecule has 0 fully saturated rings. The summed E-state index contributed by atoms with van der Waals surface area (Å²) in [5.41, 5.74) is 17.5. The quantitative estimate of drug-likeness (QED) is 0.167. The van der Waals surface area contributed by atoms with E-state index in [0.29, 0.717) is 0 Å². The van der Waals surface area contributed by atoms with Crippen LogP contribution in [0.2, 0.25) is 0 Å². The van der Waals surface area contributed by atoms with Gasteiger partial charge in [-0.3, -0.25) is 0 Å². The normalized spacial score (nSPS) is 14.0. The second-order valence-corrected chi connectivity index (χ2v) is 17.4. The van der Waals surface area contributed by atoms with Gasteiger partial charge >= 0.3 is 0 Å². The van der Waals surface area contributed by atoms with Gasteiger partial charge in [0.25, 0.3) is 0 Å². The molecular formula is C63H43N3O2. The molecule has 1 aliphatic rings. The molecule has 322 valence electrons. The van der Waals surface area contributed by atoms with Crippen LogP contribution in [0.4, 0.5) is 5.69 Å². The first kappa shape index (κ1) is 39.4. The Balaban J connectivity index is 0.961. The van der Waals surface area contributed by atoms with Crippen molar-refractivity contribution in [2.45, 2.75) is 6.92 Å². The van der Waals surface area contributed by atoms with Crippen molar-refractivity contribution < 1.29 is 8.83 Å². The van der Waals surface area contributed by atoms with Gasteiger partial charge in [-0.15, -0.1) is 0 Å². The molecule has 0 unspecified atom stereocenters. The fraction of sp³-hybridized carbons (Fsp3) is 0.0317. The molecule has 12 aromatic rings. The van der Waals surface area contributed by atoms with E-state index in [1.165, 1.54) is 21.8 Å². The third-order valence-corrected chi connectivity index (χ3v) is 13.5. The number of anilines is 1. The van der Waals surface area contributed by atoms with Crippen molar-refractivity contribution in [2.24, 2.45) is 4.99 Å². The van der Waals surface area contributed by atoms with Crippen LogP contribution in [0.3, 0.4) is 0 Å². The first-order valence-electron chi connectivity index (χ1n) is 23.1. The van der Waals surface area contributed by atoms with Crippen LogP contribution in [0, 0.1) is 0 Å². The second-order valence-electron chi connectivity index (χ2n) is 17.4. The third-order valence-electron chi connectivity index (χ3n) is 13.5. The number of hydrogen-bond donors (Lipinski definition) is 0. The molecule has 5 heteroatoms. The van der Waals surface area contributed by atoms with Gasteiger partial charge in [-0.1, -0.05) is 170 Å². The van der Waals surface area contributed by atoms with Crippen molar-refractivity contribution >= 4 is 78.0 Å². The van der Waals surface area contributed by atoms with Crippen LogP contribution in [0.5, 0.6) is 0 Å². The van der Waals surface area contributed by atoms with Crippen molar-refractivity contribution in [1.29, 1.82) is 0 Å². The number of para-hydroxylation sites is 5. The number of aromatic nitrogens is 1. The SMILES string of the molecule is C\C=C/C=c1/oc2ccc(-c3ccc4c(c3)c3ccccc3n4-c3ccccc3)cc2/c1=C1\N=C(c2ccc(-c3cccc4c3oc3c(-c5ccccc5)cccc34)cc2)c2ccccc2N1C. The summed E-state index contributed by atoms with van der Waals surface area (Å²) in [6.07, 6.45) is 6.11. The van der Waals surface area contributed by atoms with Crippen molar-refractivity contribution in [3.05, 3.63) is 240 Å². The zero-order valence-electron chi connectivity index (χ0n) is 37.5. The van der Waals surface area contributed by atoms with E-state index in [1.807, 2.05) is 31.2 Å². The Hall–Kier alpha value is -8.93. The average Bonchev–Trinajstić information content (AvgIpc) is 4.08. The van der Waals surface area contributed by atoms with Crippen LogP contribution < -0.4 is 15.5 Å². The molecule has 0 atom stereocenters. The predicted molar refractivity (Wildman–Crippen MR) is 283 cm³/mol. The number of nitrogens with zero attached hydrogens (tertiary/aromatic N) is 3. The summed E-state index contributed by atoms with van der Waals surface area (Å²) in [6.45, 7) is 2.02. The summed E-state index contributed by atoms with van der Waals surface area (Å²) < 4.78 is 15.9. The molecule has 0 saturated carbocycles. The predicted octanol–water partition coefficient (Wildman–Crippen LogP) is 14.8. The van der Waals surface area contributed by atoms with Crippen LogP contribution in [0.15, 0.2) is 232 Å². The van der Waals surface area contributed by atoms with Crippen LogP contribution in [-0.4, -0.2) is 17.3 Å². The number of furan rings is 2. The molecule has 0 amide bonds. The summed E-state index contributed by atoms with van der Waals surface area (Å²) in [4.78, 5) is 7.80. The molecule has 9 aromatic carbocycles. The van der Waals surface area contributed by atoms with Gasteiger partial charge in [0, 0.05) is 61.9 Å². The average molecular weight is 874 g/mol. The zero-order valence-corrected chi connectivity index (χ0v) is 37.5. The highest BCUT2D eigenvalue weighted by Gasteiger charge is 2.25. The van der Waals surface area contributed by atoms with Gasteiger partial charge in [0.1, 0.15) is 28.0 Å². The van der Waals surface area contributed by atoms with Gasteiger partial charge in [-0.25, -0.2) is 4.99 Å². The minimum Gasteiger partial charge on any atom is -0.456 e. The first-order chi connectivity index (χ1) is 33.6. The van der Waals surface area contributed by atoms with Gasteiger partial charge in [-0.2, -0.15) is 0 Å². The molecule has 4 heterocycles. The highest BCUT2D eigenvalue weighted by Crippen LogP contribution is 2.41. The largest absolute Gasteiger partial charge is 0.456 e. The summed E-state index contributed by atoms with van der Waals surface area (Å²) in [7, 11) is 2.10. The van der Waals surface area contributed by atoms with Gasteiger partial charge < -0.3 is 18.3 Å². The van der Waals surface area contributed by atoms with Gasteiger partial charge in [0.2, 0.25) is 0 Å². The number of fused-ring (bicyclic) bond motifs is 8. The van der Waals surface area contributed by atoms with Crippen molar-refractivity contribution in [2.75, 3.05) is 11.9 Å².